The Morgan fingerprint density at radius 2 is 1.88 bits per heavy atom. The van der Waals surface area contributed by atoms with Crippen LogP contribution in [0.5, 0.6) is 0 Å². The van der Waals surface area contributed by atoms with E-state index in [4.69, 9.17) is 27.9 Å². The minimum Gasteiger partial charge on any atom is -0.377 e. The van der Waals surface area contributed by atoms with Gasteiger partial charge in [-0.15, -0.1) is 10.2 Å². The van der Waals surface area contributed by atoms with Crippen LogP contribution in [0.25, 0.3) is 0 Å². The van der Waals surface area contributed by atoms with Crippen LogP contribution in [0, 0.1) is 0 Å². The van der Waals surface area contributed by atoms with Crippen molar-refractivity contribution in [3.63, 3.8) is 0 Å². The smallest absolute Gasteiger partial charge is 0.175 e. The maximum atomic E-state index is 6.07. The molecule has 4 nitrogen and oxygen atoms in total. The van der Waals surface area contributed by atoms with E-state index < -0.39 is 0 Å². The lowest BCUT2D eigenvalue weighted by Crippen LogP contribution is -2.46. The molecule has 0 saturated carbocycles. The number of halogens is 2. The Balaban J connectivity index is 2.00. The molecule has 16 heavy (non-hydrogen) atoms. The van der Waals surface area contributed by atoms with Gasteiger partial charge in [0, 0.05) is 6.07 Å². The van der Waals surface area contributed by atoms with Crippen LogP contribution in [-0.4, -0.2) is 35.5 Å². The fourth-order valence-corrected chi connectivity index (χ4v) is 2.88. The zero-order chi connectivity index (χ0) is 11.1. The highest BCUT2D eigenvalue weighted by atomic mass is 35.5. The number of hydrogen-bond donors (Lipinski definition) is 0. The van der Waals surface area contributed by atoms with Gasteiger partial charge >= 0.3 is 0 Å². The zero-order valence-corrected chi connectivity index (χ0v) is 10.1. The standard InChI is InChI=1S/C10H11Cl2N3O/c11-9-3-8(10(12)14-13-9)15-6-1-2-7(15)5-16-4-6/h3,6-7H,1-2,4-5H2. The molecule has 3 heterocycles. The van der Waals surface area contributed by atoms with Crippen LogP contribution < -0.4 is 4.90 Å². The van der Waals surface area contributed by atoms with Crippen LogP contribution in [0.4, 0.5) is 5.69 Å². The molecule has 86 valence electrons. The van der Waals surface area contributed by atoms with E-state index in [1.807, 2.05) is 0 Å². The summed E-state index contributed by atoms with van der Waals surface area (Å²) in [6.07, 6.45) is 2.28. The molecule has 1 aromatic heterocycles. The largest absolute Gasteiger partial charge is 0.377 e. The van der Waals surface area contributed by atoms with Crippen molar-refractivity contribution < 1.29 is 4.74 Å². The molecule has 2 fully saturated rings. The van der Waals surface area contributed by atoms with Crippen LogP contribution in [-0.2, 0) is 4.74 Å². The van der Waals surface area contributed by atoms with Crippen molar-refractivity contribution in [2.24, 2.45) is 0 Å². The molecule has 2 bridgehead atoms. The lowest BCUT2D eigenvalue weighted by atomic mass is 10.2. The van der Waals surface area contributed by atoms with Crippen molar-refractivity contribution in [1.82, 2.24) is 10.2 Å². The summed E-state index contributed by atoms with van der Waals surface area (Å²) in [5, 5.41) is 8.38. The SMILES string of the molecule is Clc1cc(N2C3CCC2COC3)c(Cl)nn1. The van der Waals surface area contributed by atoms with Gasteiger partial charge in [-0.25, -0.2) is 0 Å². The maximum Gasteiger partial charge on any atom is 0.175 e. The molecule has 0 aromatic carbocycles. The third-order valence-corrected chi connectivity index (χ3v) is 3.67. The molecule has 0 spiro atoms. The predicted molar refractivity (Wildman–Crippen MR) is 62.2 cm³/mol. The first-order valence-electron chi connectivity index (χ1n) is 5.30. The first-order chi connectivity index (χ1) is 7.75. The number of aromatic nitrogens is 2. The maximum absolute atomic E-state index is 6.07. The summed E-state index contributed by atoms with van der Waals surface area (Å²) >= 11 is 11.9. The van der Waals surface area contributed by atoms with Gasteiger partial charge in [0.1, 0.15) is 0 Å². The number of anilines is 1. The Labute approximate surface area is 103 Å². The van der Waals surface area contributed by atoms with Gasteiger partial charge in [-0.1, -0.05) is 23.2 Å². The molecule has 2 aliphatic heterocycles. The summed E-state index contributed by atoms with van der Waals surface area (Å²) < 4.78 is 5.52. The van der Waals surface area contributed by atoms with E-state index >= 15 is 0 Å². The fraction of sp³-hybridized carbons (Fsp3) is 0.600. The van der Waals surface area contributed by atoms with Crippen LogP contribution in [0.3, 0.4) is 0 Å². The summed E-state index contributed by atoms with van der Waals surface area (Å²) in [5.74, 6) is 0. The van der Waals surface area contributed by atoms with Gasteiger partial charge < -0.3 is 9.64 Å². The molecule has 2 saturated heterocycles. The van der Waals surface area contributed by atoms with Gasteiger partial charge in [-0.05, 0) is 12.8 Å². The van der Waals surface area contributed by atoms with Gasteiger partial charge in [0.2, 0.25) is 0 Å². The Kier molecular flexibility index (Phi) is 2.65. The van der Waals surface area contributed by atoms with Gasteiger partial charge in [-0.2, -0.15) is 0 Å². The van der Waals surface area contributed by atoms with Crippen LogP contribution in [0.15, 0.2) is 6.07 Å². The predicted octanol–water partition coefficient (Wildman–Crippen LogP) is 2.15. The van der Waals surface area contributed by atoms with Gasteiger partial charge in [0.05, 0.1) is 31.0 Å². The van der Waals surface area contributed by atoms with Crippen molar-refractivity contribution in [2.45, 2.75) is 24.9 Å². The monoisotopic (exact) mass is 259 g/mol. The van der Waals surface area contributed by atoms with Crippen molar-refractivity contribution >= 4 is 28.9 Å². The molecular formula is C10H11Cl2N3O. The van der Waals surface area contributed by atoms with Crippen molar-refractivity contribution in [3.05, 3.63) is 16.4 Å². The highest BCUT2D eigenvalue weighted by Crippen LogP contribution is 2.37. The summed E-state index contributed by atoms with van der Waals surface area (Å²) in [7, 11) is 0. The average Bonchev–Trinajstić information content (AvgIpc) is 2.52. The lowest BCUT2D eigenvalue weighted by Gasteiger charge is -2.36. The van der Waals surface area contributed by atoms with E-state index in [2.05, 4.69) is 15.1 Å². The lowest BCUT2D eigenvalue weighted by molar-refractivity contribution is 0.0906. The molecule has 0 N–H and O–H groups in total. The minimum absolute atomic E-state index is 0.380. The first kappa shape index (κ1) is 10.6. The zero-order valence-electron chi connectivity index (χ0n) is 8.57. The summed E-state index contributed by atoms with van der Waals surface area (Å²) in [4.78, 5) is 2.28. The number of fused-ring (bicyclic) bond motifs is 2. The molecule has 2 atom stereocenters. The van der Waals surface area contributed by atoms with Crippen molar-refractivity contribution in [3.8, 4) is 0 Å². The van der Waals surface area contributed by atoms with E-state index in [0.717, 1.165) is 31.7 Å². The Hall–Kier alpha value is -0.580. The number of hydrogen-bond acceptors (Lipinski definition) is 4. The molecule has 1 aromatic rings. The van der Waals surface area contributed by atoms with E-state index in [1.165, 1.54) is 0 Å². The molecule has 0 aliphatic carbocycles. The number of nitrogens with zero attached hydrogens (tertiary/aromatic N) is 3. The second kappa shape index (κ2) is 4.02. The second-order valence-electron chi connectivity index (χ2n) is 4.17. The van der Waals surface area contributed by atoms with Crippen LogP contribution >= 0.6 is 23.2 Å². The molecule has 2 unspecified atom stereocenters. The summed E-state index contributed by atoms with van der Waals surface area (Å²) in [6, 6.07) is 2.58. The number of morpholine rings is 1. The molecule has 0 radical (unpaired) electrons. The number of ether oxygens (including phenoxy) is 1. The van der Waals surface area contributed by atoms with Gasteiger partial charge in [-0.3, -0.25) is 0 Å². The van der Waals surface area contributed by atoms with Gasteiger partial charge in [0.25, 0.3) is 0 Å². The fourth-order valence-electron chi connectivity index (χ4n) is 2.55. The normalized spacial score (nSPS) is 28.5. The molecule has 3 rings (SSSR count). The van der Waals surface area contributed by atoms with E-state index in [0.29, 0.717) is 22.4 Å². The van der Waals surface area contributed by atoms with E-state index in [1.54, 1.807) is 6.07 Å². The average molecular weight is 260 g/mol. The minimum atomic E-state index is 0.380. The third kappa shape index (κ3) is 1.65. The topological polar surface area (TPSA) is 38.2 Å². The molecule has 2 aliphatic rings. The molecule has 0 amide bonds. The van der Waals surface area contributed by atoms with Crippen LogP contribution in [0.2, 0.25) is 10.3 Å². The molecular weight excluding hydrogens is 249 g/mol. The summed E-state index contributed by atoms with van der Waals surface area (Å²) in [6.45, 7) is 1.51. The second-order valence-corrected chi connectivity index (χ2v) is 4.92. The third-order valence-electron chi connectivity index (χ3n) is 3.22. The van der Waals surface area contributed by atoms with Crippen LogP contribution in [0.1, 0.15) is 12.8 Å². The van der Waals surface area contributed by atoms with Gasteiger partial charge in [0.15, 0.2) is 10.3 Å². The van der Waals surface area contributed by atoms with Crippen molar-refractivity contribution in [2.75, 3.05) is 18.1 Å². The quantitative estimate of drug-likeness (QED) is 0.775. The number of rotatable bonds is 1. The highest BCUT2D eigenvalue weighted by Gasteiger charge is 2.38. The highest BCUT2D eigenvalue weighted by molar-refractivity contribution is 6.33. The molecule has 6 heteroatoms. The van der Waals surface area contributed by atoms with Crippen molar-refractivity contribution in [1.29, 1.82) is 0 Å². The van der Waals surface area contributed by atoms with E-state index in [9.17, 15) is 0 Å². The van der Waals surface area contributed by atoms with E-state index in [-0.39, 0.29) is 0 Å². The Morgan fingerprint density at radius 1 is 1.19 bits per heavy atom. The Bertz CT molecular complexity index is 399. The Morgan fingerprint density at radius 3 is 2.56 bits per heavy atom. The first-order valence-corrected chi connectivity index (χ1v) is 6.06. The summed E-state index contributed by atoms with van der Waals surface area (Å²) in [5.41, 5.74) is 0.887.